The molecule has 0 radical (unpaired) electrons. The van der Waals surface area contributed by atoms with Crippen molar-refractivity contribution in [2.45, 2.75) is 32.6 Å². The summed E-state index contributed by atoms with van der Waals surface area (Å²) >= 11 is 0. The van der Waals surface area contributed by atoms with Crippen molar-refractivity contribution in [1.82, 2.24) is 0 Å². The average molecular weight is 140 g/mol. The Morgan fingerprint density at radius 3 is 2.40 bits per heavy atom. The van der Waals surface area contributed by atoms with Crippen molar-refractivity contribution in [2.24, 2.45) is 17.3 Å². The zero-order valence-electron chi connectivity index (χ0n) is 6.64. The number of aliphatic hydroxyl groups excluding tert-OH is 1. The maximum absolute atomic E-state index is 9.16. The summed E-state index contributed by atoms with van der Waals surface area (Å²) in [6, 6.07) is 0. The second-order valence-electron chi connectivity index (χ2n) is 4.18. The molecule has 1 nitrogen and oxygen atoms in total. The van der Waals surface area contributed by atoms with Crippen molar-refractivity contribution in [3.8, 4) is 0 Å². The zero-order chi connectivity index (χ0) is 7.19. The van der Waals surface area contributed by atoms with E-state index in [1.165, 1.54) is 25.7 Å². The third-order valence-electron chi connectivity index (χ3n) is 3.84. The fraction of sp³-hybridized carbons (Fsp3) is 1.00. The Labute approximate surface area is 62.4 Å². The molecule has 1 heteroatoms. The quantitative estimate of drug-likeness (QED) is 0.589. The molecular formula is C9H16O. The first-order valence-electron chi connectivity index (χ1n) is 4.39. The largest absolute Gasteiger partial charge is 0.396 e. The van der Waals surface area contributed by atoms with E-state index in [1.807, 2.05) is 0 Å². The first kappa shape index (κ1) is 6.66. The summed E-state index contributed by atoms with van der Waals surface area (Å²) in [6.07, 6.45) is 5.31. The summed E-state index contributed by atoms with van der Waals surface area (Å²) in [5, 5.41) is 9.16. The van der Waals surface area contributed by atoms with E-state index in [4.69, 9.17) is 5.11 Å². The maximum atomic E-state index is 9.16. The molecule has 2 fully saturated rings. The van der Waals surface area contributed by atoms with Crippen molar-refractivity contribution in [2.75, 3.05) is 6.61 Å². The second-order valence-corrected chi connectivity index (χ2v) is 4.18. The molecule has 3 atom stereocenters. The number of rotatable bonds is 1. The first-order chi connectivity index (χ1) is 4.78. The van der Waals surface area contributed by atoms with Crippen LogP contribution in [0.25, 0.3) is 0 Å². The predicted octanol–water partition coefficient (Wildman–Crippen LogP) is 1.80. The number of aliphatic hydroxyl groups is 1. The molecular weight excluding hydrogens is 124 g/mol. The molecule has 2 saturated carbocycles. The standard InChI is InChI=1S/C9H16O/c1-7-2-4-9(6-10)5-3-8(7)9/h7-8,10H,2-6H2,1H3. The molecule has 0 aromatic rings. The van der Waals surface area contributed by atoms with Crippen LogP contribution >= 0.6 is 0 Å². The second kappa shape index (κ2) is 1.97. The summed E-state index contributed by atoms with van der Waals surface area (Å²) in [5.74, 6) is 1.76. The van der Waals surface area contributed by atoms with E-state index < -0.39 is 0 Å². The molecule has 0 bridgehead atoms. The van der Waals surface area contributed by atoms with Gasteiger partial charge in [0.05, 0.1) is 0 Å². The van der Waals surface area contributed by atoms with Crippen LogP contribution in [0, 0.1) is 17.3 Å². The number of hydrogen-bond donors (Lipinski definition) is 1. The highest BCUT2D eigenvalue weighted by atomic mass is 16.3. The molecule has 0 saturated heterocycles. The van der Waals surface area contributed by atoms with Crippen LogP contribution in [0.3, 0.4) is 0 Å². The SMILES string of the molecule is CC1CCC2(CO)CCC12. The third kappa shape index (κ3) is 0.619. The molecule has 0 aromatic heterocycles. The van der Waals surface area contributed by atoms with Gasteiger partial charge in [0.1, 0.15) is 0 Å². The highest BCUT2D eigenvalue weighted by Gasteiger charge is 2.52. The van der Waals surface area contributed by atoms with Gasteiger partial charge in [-0.05, 0) is 42.9 Å². The molecule has 0 heterocycles. The fourth-order valence-corrected chi connectivity index (χ4v) is 2.91. The van der Waals surface area contributed by atoms with Crippen LogP contribution in [0.4, 0.5) is 0 Å². The van der Waals surface area contributed by atoms with Crippen molar-refractivity contribution in [3.63, 3.8) is 0 Å². The van der Waals surface area contributed by atoms with E-state index in [0.29, 0.717) is 12.0 Å². The molecule has 2 aliphatic carbocycles. The van der Waals surface area contributed by atoms with Crippen LogP contribution in [0.1, 0.15) is 32.6 Å². The van der Waals surface area contributed by atoms with Gasteiger partial charge in [0, 0.05) is 6.61 Å². The van der Waals surface area contributed by atoms with Gasteiger partial charge in [-0.25, -0.2) is 0 Å². The van der Waals surface area contributed by atoms with E-state index in [-0.39, 0.29) is 0 Å². The summed E-state index contributed by atoms with van der Waals surface area (Å²) in [7, 11) is 0. The lowest BCUT2D eigenvalue weighted by molar-refractivity contribution is -0.0143. The van der Waals surface area contributed by atoms with Crippen LogP contribution in [-0.2, 0) is 0 Å². The van der Waals surface area contributed by atoms with Crippen molar-refractivity contribution in [1.29, 1.82) is 0 Å². The molecule has 1 N–H and O–H groups in total. The van der Waals surface area contributed by atoms with E-state index in [2.05, 4.69) is 6.92 Å². The Morgan fingerprint density at radius 2 is 2.10 bits per heavy atom. The van der Waals surface area contributed by atoms with E-state index in [1.54, 1.807) is 0 Å². The normalized spacial score (nSPS) is 52.2. The topological polar surface area (TPSA) is 20.2 Å². The van der Waals surface area contributed by atoms with Gasteiger partial charge in [0.2, 0.25) is 0 Å². The minimum Gasteiger partial charge on any atom is -0.396 e. The molecule has 0 spiro atoms. The van der Waals surface area contributed by atoms with E-state index in [0.717, 1.165) is 11.8 Å². The molecule has 10 heavy (non-hydrogen) atoms. The van der Waals surface area contributed by atoms with E-state index in [9.17, 15) is 0 Å². The molecule has 2 rings (SSSR count). The third-order valence-corrected chi connectivity index (χ3v) is 3.84. The summed E-state index contributed by atoms with van der Waals surface area (Å²) < 4.78 is 0. The lowest BCUT2D eigenvalue weighted by Crippen LogP contribution is -2.40. The Morgan fingerprint density at radius 1 is 1.40 bits per heavy atom. The maximum Gasteiger partial charge on any atom is 0.0490 e. The Hall–Kier alpha value is -0.0400. The minimum absolute atomic E-state index is 0.402. The summed E-state index contributed by atoms with van der Waals surface area (Å²) in [5.41, 5.74) is 0.402. The van der Waals surface area contributed by atoms with Crippen LogP contribution < -0.4 is 0 Å². The van der Waals surface area contributed by atoms with Gasteiger partial charge in [-0.1, -0.05) is 6.92 Å². The van der Waals surface area contributed by atoms with Crippen LogP contribution in [0.15, 0.2) is 0 Å². The lowest BCUT2D eigenvalue weighted by Gasteiger charge is -2.45. The van der Waals surface area contributed by atoms with Gasteiger partial charge >= 0.3 is 0 Å². The summed E-state index contributed by atoms with van der Waals surface area (Å²) in [4.78, 5) is 0. The van der Waals surface area contributed by atoms with Gasteiger partial charge < -0.3 is 5.11 Å². The highest BCUT2D eigenvalue weighted by molar-refractivity contribution is 5.02. The van der Waals surface area contributed by atoms with Crippen molar-refractivity contribution < 1.29 is 5.11 Å². The highest BCUT2D eigenvalue weighted by Crippen LogP contribution is 2.59. The van der Waals surface area contributed by atoms with Gasteiger partial charge in [-0.3, -0.25) is 0 Å². The monoisotopic (exact) mass is 140 g/mol. The first-order valence-corrected chi connectivity index (χ1v) is 4.39. The molecule has 0 aliphatic heterocycles. The average Bonchev–Trinajstić information content (AvgIpc) is 2.06. The fourth-order valence-electron chi connectivity index (χ4n) is 2.91. The molecule has 0 aromatic carbocycles. The zero-order valence-corrected chi connectivity index (χ0v) is 6.64. The van der Waals surface area contributed by atoms with Crippen LogP contribution in [0.5, 0.6) is 0 Å². The lowest BCUT2D eigenvalue weighted by atomic mass is 9.61. The Bertz CT molecular complexity index is 140. The van der Waals surface area contributed by atoms with Gasteiger partial charge in [-0.2, -0.15) is 0 Å². The number of hydrogen-bond acceptors (Lipinski definition) is 1. The predicted molar refractivity (Wildman–Crippen MR) is 40.6 cm³/mol. The van der Waals surface area contributed by atoms with Crippen LogP contribution in [0.2, 0.25) is 0 Å². The molecule has 0 amide bonds. The van der Waals surface area contributed by atoms with Crippen LogP contribution in [-0.4, -0.2) is 11.7 Å². The van der Waals surface area contributed by atoms with E-state index >= 15 is 0 Å². The molecule has 2 aliphatic rings. The Balaban J connectivity index is 2.12. The number of fused-ring (bicyclic) bond motifs is 1. The summed E-state index contributed by atoms with van der Waals surface area (Å²) in [6.45, 7) is 2.78. The van der Waals surface area contributed by atoms with Gasteiger partial charge in [0.25, 0.3) is 0 Å². The molecule has 58 valence electrons. The molecule has 3 unspecified atom stereocenters. The minimum atomic E-state index is 0.402. The van der Waals surface area contributed by atoms with Crippen molar-refractivity contribution >= 4 is 0 Å². The van der Waals surface area contributed by atoms with Gasteiger partial charge in [-0.15, -0.1) is 0 Å². The smallest absolute Gasteiger partial charge is 0.0490 e. The van der Waals surface area contributed by atoms with Gasteiger partial charge in [0.15, 0.2) is 0 Å². The Kier molecular flexibility index (Phi) is 1.31. The van der Waals surface area contributed by atoms with Crippen molar-refractivity contribution in [3.05, 3.63) is 0 Å².